The summed E-state index contributed by atoms with van der Waals surface area (Å²) in [7, 11) is 4.11. The largest absolute Gasteiger partial charge is 0.504 e. The van der Waals surface area contributed by atoms with Crippen LogP contribution in [0.1, 0.15) is 172 Å². The number of hydrogen-bond acceptors (Lipinski definition) is 13. The van der Waals surface area contributed by atoms with Gasteiger partial charge in [0.1, 0.15) is 11.0 Å². The highest BCUT2D eigenvalue weighted by Crippen LogP contribution is 2.64. The van der Waals surface area contributed by atoms with Gasteiger partial charge >= 0.3 is 5.97 Å². The lowest BCUT2D eigenvalue weighted by atomic mass is 9.77. The molecule has 12 nitrogen and oxygen atoms in total. The quantitative estimate of drug-likeness (QED) is 0.122. The van der Waals surface area contributed by atoms with E-state index in [0.29, 0.717) is 93.1 Å². The van der Waals surface area contributed by atoms with Crippen molar-refractivity contribution >= 4 is 39.4 Å². The Labute approximate surface area is 396 Å². The fourth-order valence-electron chi connectivity index (χ4n) is 12.9. The number of carbonyl (C=O) groups is 2. The third-order valence-corrected chi connectivity index (χ3v) is 19.8. The summed E-state index contributed by atoms with van der Waals surface area (Å²) in [4.78, 5) is 33.4. The van der Waals surface area contributed by atoms with Gasteiger partial charge < -0.3 is 46.7 Å². The van der Waals surface area contributed by atoms with E-state index in [1.807, 2.05) is 33.9 Å². The first kappa shape index (κ1) is 48.2. The van der Waals surface area contributed by atoms with Gasteiger partial charge in [-0.1, -0.05) is 72.3 Å². The van der Waals surface area contributed by atoms with E-state index >= 15 is 0 Å². The number of phenols is 1. The lowest BCUT2D eigenvalue weighted by molar-refractivity contribution is -0.148. The fourth-order valence-corrected chi connectivity index (χ4v) is 17.2. The molecule has 5 fully saturated rings. The van der Waals surface area contributed by atoms with Gasteiger partial charge in [0.05, 0.1) is 18.0 Å². The van der Waals surface area contributed by atoms with Crippen molar-refractivity contribution in [1.29, 1.82) is 0 Å². The van der Waals surface area contributed by atoms with Crippen molar-refractivity contribution in [3.63, 3.8) is 0 Å². The molecule has 14 heteroatoms. The summed E-state index contributed by atoms with van der Waals surface area (Å²) in [6.45, 7) is 3.31. The number of nitrogens with two attached hydrogens (primary N) is 2. The number of amides is 1. The predicted octanol–water partition coefficient (Wildman–Crippen LogP) is 9.02. The van der Waals surface area contributed by atoms with Gasteiger partial charge in [-0.3, -0.25) is 14.6 Å². The molecule has 1 amide bonds. The van der Waals surface area contributed by atoms with Crippen molar-refractivity contribution < 1.29 is 29.3 Å². The summed E-state index contributed by atoms with van der Waals surface area (Å²) in [6, 6.07) is 3.90. The maximum Gasteiger partial charge on any atom is 0.302 e. The number of phenolic OH excluding ortho intramolecular Hbond substituents is 1. The number of ether oxygens (including phenoxy) is 2. The molecular weight excluding hydrogens is 857 g/mol. The minimum Gasteiger partial charge on any atom is -0.504 e. The Kier molecular flexibility index (Phi) is 15.9. The number of aryl methyl sites for hydroxylation is 1. The number of nitrogens with one attached hydrogen (secondary N) is 2. The normalized spacial score (nSPS) is 30.8. The summed E-state index contributed by atoms with van der Waals surface area (Å²) in [5, 5.41) is 30.3. The number of carbonyl (C=O) groups excluding carboxylic acids is 2. The van der Waals surface area contributed by atoms with Crippen LogP contribution in [0.3, 0.4) is 0 Å². The SMILES string of the molecule is CC(=O)O[C@@H]1CCc2cc(c(O)c(OC3CCCC3)c2)CN2C[C@@](CC3=CCNC(N)=C3)(CCN=C(N)N[C@]3(CCCC34CCCC4)SSCC3(CCCC[C@H](O)C1)CCCC3)CC2=O. The number of allylic oxidation sites excluding steroid dienone is 2. The Balaban J connectivity index is 1.10. The molecule has 1 aromatic carbocycles. The number of dihydropyridines is 1. The number of rotatable bonds is 5. The molecule has 0 unspecified atom stereocenters. The van der Waals surface area contributed by atoms with Gasteiger partial charge in [0.25, 0.3) is 0 Å². The number of aromatic hydroxyl groups is 1. The highest BCUT2D eigenvalue weighted by Gasteiger charge is 2.57. The zero-order valence-corrected chi connectivity index (χ0v) is 40.8. The molecule has 7 aliphatic rings. The van der Waals surface area contributed by atoms with Gasteiger partial charge in [-0.2, -0.15) is 0 Å². The molecule has 3 spiro atoms. The standard InChI is InChI=1S/C51H78N6O6S2/c1-36(58)62-42-15-14-37-27-39(46(61)43(28-37)63-41-12-2-3-13-41)33-57-34-49(32-45(57)60,31-38-16-25-54-44(52)29-38)24-26-55-47(53)56-51(23-10-22-50(51)20-8-9-21-50)65-64-35-48(18-6-7-19-48)17-5-4-11-40(59)30-42/h16,27-29,40-42,54,59,61H,2-15,17-26,30-35,52H2,1H3,(H3,53,55,56)/t40-,42+,49+,51+/m0/s1. The molecule has 8 N–H and O–H groups in total. The number of benzene rings is 1. The molecule has 3 aliphatic heterocycles. The fraction of sp³-hybridized carbons (Fsp3) is 0.745. The number of esters is 1. The lowest BCUT2D eigenvalue weighted by Crippen LogP contribution is -2.55. The Morgan fingerprint density at radius 2 is 1.65 bits per heavy atom. The average Bonchev–Trinajstić information content (AvgIpc) is 4.12. The second-order valence-corrected chi connectivity index (χ2v) is 23.9. The van der Waals surface area contributed by atoms with Gasteiger partial charge in [-0.25, -0.2) is 0 Å². The summed E-state index contributed by atoms with van der Waals surface area (Å²) in [5.41, 5.74) is 16.0. The van der Waals surface area contributed by atoms with Gasteiger partial charge in [0.15, 0.2) is 17.5 Å². The number of aliphatic hydroxyl groups is 1. The molecule has 4 atom stereocenters. The summed E-state index contributed by atoms with van der Waals surface area (Å²) in [6.07, 6.45) is 27.8. The van der Waals surface area contributed by atoms with Crippen molar-refractivity contribution in [1.82, 2.24) is 15.5 Å². The molecule has 1 aromatic rings. The molecule has 4 saturated carbocycles. The van der Waals surface area contributed by atoms with Gasteiger partial charge in [-0.15, -0.1) is 0 Å². The summed E-state index contributed by atoms with van der Waals surface area (Å²) >= 11 is 0. The number of fused-ring (bicyclic) bond motifs is 5. The van der Waals surface area contributed by atoms with E-state index in [-0.39, 0.29) is 40.6 Å². The van der Waals surface area contributed by atoms with Crippen molar-refractivity contribution in [2.24, 2.45) is 32.7 Å². The second kappa shape index (κ2) is 21.4. The van der Waals surface area contributed by atoms with Crippen molar-refractivity contribution in [3.8, 4) is 11.5 Å². The Morgan fingerprint density at radius 3 is 2.40 bits per heavy atom. The lowest BCUT2D eigenvalue weighted by Gasteiger charge is -2.44. The molecule has 360 valence electrons. The van der Waals surface area contributed by atoms with Crippen LogP contribution in [0.4, 0.5) is 0 Å². The minimum atomic E-state index is -0.573. The first-order valence-corrected chi connectivity index (χ1v) is 27.6. The average molecular weight is 935 g/mol. The van der Waals surface area contributed by atoms with Gasteiger partial charge in [0.2, 0.25) is 5.91 Å². The first-order valence-electron chi connectivity index (χ1n) is 25.3. The molecular formula is C51H78N6O6S2. The van der Waals surface area contributed by atoms with E-state index in [0.717, 1.165) is 61.8 Å². The summed E-state index contributed by atoms with van der Waals surface area (Å²) in [5.74, 6) is 2.45. The number of hydrogen-bond donors (Lipinski definition) is 6. The summed E-state index contributed by atoms with van der Waals surface area (Å²) < 4.78 is 12.3. The maximum absolute atomic E-state index is 14.3. The van der Waals surface area contributed by atoms with E-state index in [9.17, 15) is 19.8 Å². The topological polar surface area (TPSA) is 185 Å². The van der Waals surface area contributed by atoms with Crippen LogP contribution >= 0.6 is 21.6 Å². The van der Waals surface area contributed by atoms with Gasteiger partial charge in [0, 0.05) is 68.1 Å². The molecule has 0 radical (unpaired) electrons. The van der Waals surface area contributed by atoms with Crippen LogP contribution < -0.4 is 26.8 Å². The van der Waals surface area contributed by atoms with Crippen LogP contribution in [0.5, 0.6) is 11.5 Å². The number of aliphatic hydroxyl groups excluding tert-OH is 1. The highest BCUT2D eigenvalue weighted by molar-refractivity contribution is 8.77. The highest BCUT2D eigenvalue weighted by atomic mass is 33.1. The molecule has 8 rings (SSSR count). The number of aliphatic imine (C=N–C) groups is 1. The van der Waals surface area contributed by atoms with Crippen LogP contribution in [-0.4, -0.2) is 81.5 Å². The Morgan fingerprint density at radius 1 is 0.923 bits per heavy atom. The molecule has 65 heavy (non-hydrogen) atoms. The van der Waals surface area contributed by atoms with Crippen LogP contribution in [0.15, 0.2) is 40.7 Å². The van der Waals surface area contributed by atoms with Crippen molar-refractivity contribution in [2.45, 2.75) is 197 Å². The van der Waals surface area contributed by atoms with Crippen molar-refractivity contribution in [2.75, 3.05) is 25.4 Å². The Bertz CT molecular complexity index is 1920. The van der Waals surface area contributed by atoms with E-state index in [1.165, 1.54) is 77.6 Å². The van der Waals surface area contributed by atoms with Crippen LogP contribution in [0.25, 0.3) is 0 Å². The third-order valence-electron chi connectivity index (χ3n) is 16.4. The predicted molar refractivity (Wildman–Crippen MR) is 262 cm³/mol. The number of nitrogens with zero attached hydrogens (tertiary/aromatic N) is 2. The molecule has 0 aromatic heterocycles. The zero-order chi connectivity index (χ0) is 45.5. The van der Waals surface area contributed by atoms with Crippen LogP contribution in [0, 0.1) is 16.2 Å². The van der Waals surface area contributed by atoms with E-state index < -0.39 is 17.6 Å². The van der Waals surface area contributed by atoms with Crippen LogP contribution in [-0.2, 0) is 27.3 Å². The molecule has 3 heterocycles. The third kappa shape index (κ3) is 11.9. The van der Waals surface area contributed by atoms with Crippen molar-refractivity contribution in [3.05, 3.63) is 46.8 Å². The monoisotopic (exact) mass is 935 g/mol. The van der Waals surface area contributed by atoms with Gasteiger partial charge in [-0.05, 0) is 138 Å². The zero-order valence-electron chi connectivity index (χ0n) is 39.1. The molecule has 1 saturated heterocycles. The maximum atomic E-state index is 14.3. The molecule has 4 aliphatic carbocycles. The number of guanidine groups is 1. The van der Waals surface area contributed by atoms with E-state index in [2.05, 4.69) is 27.5 Å². The first-order chi connectivity index (χ1) is 31.4. The molecule has 4 bridgehead atoms. The smallest absolute Gasteiger partial charge is 0.302 e. The second-order valence-electron chi connectivity index (χ2n) is 21.3. The van der Waals surface area contributed by atoms with Crippen LogP contribution in [0.2, 0.25) is 0 Å². The minimum absolute atomic E-state index is 0.0254. The van der Waals surface area contributed by atoms with E-state index in [1.54, 1.807) is 0 Å². The van der Waals surface area contributed by atoms with E-state index in [4.69, 9.17) is 25.9 Å². The Hall–Kier alpha value is -3.23.